The van der Waals surface area contributed by atoms with Gasteiger partial charge < -0.3 is 10.1 Å². The van der Waals surface area contributed by atoms with Gasteiger partial charge in [0, 0.05) is 17.0 Å². The summed E-state index contributed by atoms with van der Waals surface area (Å²) in [6.07, 6.45) is 0. The van der Waals surface area contributed by atoms with Crippen molar-refractivity contribution in [2.45, 2.75) is 31.3 Å². The van der Waals surface area contributed by atoms with Crippen LogP contribution in [0.1, 0.15) is 47.1 Å². The molecule has 0 aromatic carbocycles. The molecule has 5 nitrogen and oxygen atoms in total. The predicted octanol–water partition coefficient (Wildman–Crippen LogP) is 1.26. The Balaban J connectivity index is 2.62. The van der Waals surface area contributed by atoms with Crippen molar-refractivity contribution in [2.75, 3.05) is 0 Å². The van der Waals surface area contributed by atoms with Crippen LogP contribution in [-0.4, -0.2) is 24.5 Å². The lowest BCUT2D eigenvalue weighted by Crippen LogP contribution is -2.07. The van der Waals surface area contributed by atoms with E-state index in [1.807, 2.05) is 13.8 Å². The van der Waals surface area contributed by atoms with Gasteiger partial charge in [0.2, 0.25) is 0 Å². The highest BCUT2D eigenvalue weighted by atomic mass is 32.2. The number of aromatic nitrogens is 1. The molecule has 6 heteroatoms. The van der Waals surface area contributed by atoms with Gasteiger partial charge in [0.05, 0.1) is 17.1 Å². The second-order valence-corrected chi connectivity index (χ2v) is 6.43. The number of fused-ring (bicyclic) bond motifs is 1. The minimum absolute atomic E-state index is 0.0411. The molecule has 0 bridgehead atoms. The molecule has 0 aliphatic carbocycles. The maximum atomic E-state index is 11.4. The molecule has 0 spiro atoms. The maximum Gasteiger partial charge on any atom is 0.337 e. The fourth-order valence-electron chi connectivity index (χ4n) is 2.06. The van der Waals surface area contributed by atoms with E-state index < -0.39 is 15.8 Å². The van der Waals surface area contributed by atoms with Crippen molar-refractivity contribution in [2.24, 2.45) is 0 Å². The smallest absolute Gasteiger partial charge is 0.337 e. The number of H-pyrrole nitrogens is 1. The molecule has 1 aromatic heterocycles. The second-order valence-electron chi connectivity index (χ2n) is 4.36. The van der Waals surface area contributed by atoms with Crippen molar-refractivity contribution in [3.05, 3.63) is 22.5 Å². The van der Waals surface area contributed by atoms with Crippen molar-refractivity contribution in [3.63, 3.8) is 0 Å². The van der Waals surface area contributed by atoms with Crippen LogP contribution in [0.2, 0.25) is 0 Å². The van der Waals surface area contributed by atoms with E-state index in [9.17, 15) is 13.2 Å². The lowest BCUT2D eigenvalue weighted by atomic mass is 10.0. The molecule has 0 radical (unpaired) electrons. The Kier molecular flexibility index (Phi) is 2.34. The maximum absolute atomic E-state index is 11.4. The lowest BCUT2D eigenvalue weighted by molar-refractivity contribution is 0.0694. The number of nitrogens with one attached hydrogen (secondary N) is 1. The molecule has 1 aliphatic heterocycles. The van der Waals surface area contributed by atoms with E-state index in [1.54, 1.807) is 0 Å². The number of aromatic amines is 1. The molecule has 2 heterocycles. The number of carbonyl (C=O) groups is 1. The third kappa shape index (κ3) is 1.63. The number of sulfone groups is 1. The van der Waals surface area contributed by atoms with E-state index >= 15 is 0 Å². The van der Waals surface area contributed by atoms with Gasteiger partial charge in [-0.15, -0.1) is 0 Å². The van der Waals surface area contributed by atoms with Crippen LogP contribution in [0.15, 0.2) is 0 Å². The summed E-state index contributed by atoms with van der Waals surface area (Å²) in [5, 5.41) is 9.12. The zero-order valence-electron chi connectivity index (χ0n) is 9.07. The van der Waals surface area contributed by atoms with Gasteiger partial charge in [-0.1, -0.05) is 13.8 Å². The second kappa shape index (κ2) is 3.35. The molecule has 2 N–H and O–H groups in total. The largest absolute Gasteiger partial charge is 0.478 e. The third-order valence-corrected chi connectivity index (χ3v) is 4.20. The zero-order chi connectivity index (χ0) is 12.1. The third-order valence-electron chi connectivity index (χ3n) is 2.74. The Morgan fingerprint density at radius 3 is 2.50 bits per heavy atom. The van der Waals surface area contributed by atoms with Gasteiger partial charge in [0.15, 0.2) is 9.84 Å². The Hall–Kier alpha value is -1.30. The van der Waals surface area contributed by atoms with Crippen LogP contribution in [0.3, 0.4) is 0 Å². The van der Waals surface area contributed by atoms with E-state index in [2.05, 4.69) is 4.98 Å². The van der Waals surface area contributed by atoms with Crippen LogP contribution in [0.25, 0.3) is 0 Å². The van der Waals surface area contributed by atoms with Gasteiger partial charge in [-0.3, -0.25) is 0 Å². The lowest BCUT2D eigenvalue weighted by Gasteiger charge is -2.05. The SMILES string of the molecule is CC(C)c1[nH]c2c(c1C(=O)O)CS(=O)(=O)C2. The minimum atomic E-state index is -3.16. The summed E-state index contributed by atoms with van der Waals surface area (Å²) in [6.45, 7) is 3.75. The van der Waals surface area contributed by atoms with E-state index in [0.29, 0.717) is 17.0 Å². The van der Waals surface area contributed by atoms with E-state index in [4.69, 9.17) is 5.11 Å². The molecular formula is C10H13NO4S. The highest BCUT2D eigenvalue weighted by molar-refractivity contribution is 7.90. The van der Waals surface area contributed by atoms with Gasteiger partial charge >= 0.3 is 5.97 Å². The first-order chi connectivity index (χ1) is 7.32. The Morgan fingerprint density at radius 1 is 1.38 bits per heavy atom. The summed E-state index contributed by atoms with van der Waals surface area (Å²) < 4.78 is 22.8. The normalized spacial score (nSPS) is 17.7. The molecule has 0 atom stereocenters. The van der Waals surface area contributed by atoms with Crippen LogP contribution in [0, 0.1) is 0 Å². The van der Waals surface area contributed by atoms with Crippen LogP contribution < -0.4 is 0 Å². The molecular weight excluding hydrogens is 230 g/mol. The average Bonchev–Trinajstić information content (AvgIpc) is 2.54. The number of carboxylic acids is 1. The van der Waals surface area contributed by atoms with Crippen molar-refractivity contribution < 1.29 is 18.3 Å². The van der Waals surface area contributed by atoms with Crippen LogP contribution in [0.4, 0.5) is 0 Å². The van der Waals surface area contributed by atoms with Crippen molar-refractivity contribution in [3.8, 4) is 0 Å². The summed E-state index contributed by atoms with van der Waals surface area (Å²) in [4.78, 5) is 14.1. The Labute approximate surface area is 93.4 Å². The van der Waals surface area contributed by atoms with Gasteiger partial charge in [-0.05, 0) is 5.92 Å². The topological polar surface area (TPSA) is 87.2 Å². The average molecular weight is 243 g/mol. The molecule has 0 unspecified atom stereocenters. The molecule has 2 rings (SSSR count). The summed E-state index contributed by atoms with van der Waals surface area (Å²) in [7, 11) is -3.16. The van der Waals surface area contributed by atoms with E-state index in [1.165, 1.54) is 0 Å². The van der Waals surface area contributed by atoms with Crippen LogP contribution in [0.5, 0.6) is 0 Å². The summed E-state index contributed by atoms with van der Waals surface area (Å²) in [5.41, 5.74) is 1.75. The highest BCUT2D eigenvalue weighted by Crippen LogP contribution is 2.33. The molecule has 0 amide bonds. The number of hydrogen-bond acceptors (Lipinski definition) is 3. The highest BCUT2D eigenvalue weighted by Gasteiger charge is 2.33. The molecule has 0 saturated heterocycles. The van der Waals surface area contributed by atoms with Gasteiger partial charge in [0.1, 0.15) is 0 Å². The quantitative estimate of drug-likeness (QED) is 0.818. The summed E-state index contributed by atoms with van der Waals surface area (Å²) >= 11 is 0. The van der Waals surface area contributed by atoms with Crippen LogP contribution >= 0.6 is 0 Å². The molecule has 1 aromatic rings. The zero-order valence-corrected chi connectivity index (χ0v) is 9.89. The fraction of sp³-hybridized carbons (Fsp3) is 0.500. The van der Waals surface area contributed by atoms with Gasteiger partial charge in [0.25, 0.3) is 0 Å². The first-order valence-electron chi connectivity index (χ1n) is 4.99. The van der Waals surface area contributed by atoms with E-state index in [-0.39, 0.29) is 23.0 Å². The van der Waals surface area contributed by atoms with Gasteiger partial charge in [-0.2, -0.15) is 0 Å². The molecule has 1 aliphatic rings. The summed E-state index contributed by atoms with van der Waals surface area (Å²) in [6, 6.07) is 0. The van der Waals surface area contributed by atoms with E-state index in [0.717, 1.165) is 0 Å². The standard InChI is InChI=1S/C10H13NO4S/c1-5(2)9-8(10(12)13)6-3-16(14,15)4-7(6)11-9/h5,11H,3-4H2,1-2H3,(H,12,13). The Morgan fingerprint density at radius 2 is 2.00 bits per heavy atom. The minimum Gasteiger partial charge on any atom is -0.478 e. The fourth-order valence-corrected chi connectivity index (χ4v) is 3.61. The Bertz CT molecular complexity index is 554. The van der Waals surface area contributed by atoms with Crippen LogP contribution in [-0.2, 0) is 21.3 Å². The number of carboxylic acid groups (broad SMARTS) is 1. The first-order valence-corrected chi connectivity index (χ1v) is 6.81. The number of rotatable bonds is 2. The molecule has 88 valence electrons. The summed E-state index contributed by atoms with van der Waals surface area (Å²) in [5.74, 6) is -1.25. The van der Waals surface area contributed by atoms with Gasteiger partial charge in [-0.25, -0.2) is 13.2 Å². The van der Waals surface area contributed by atoms with Crippen molar-refractivity contribution in [1.82, 2.24) is 4.98 Å². The first kappa shape index (κ1) is 11.2. The molecule has 0 saturated carbocycles. The predicted molar refractivity (Wildman–Crippen MR) is 58.2 cm³/mol. The number of aromatic carboxylic acids is 1. The van der Waals surface area contributed by atoms with Crippen molar-refractivity contribution in [1.29, 1.82) is 0 Å². The van der Waals surface area contributed by atoms with Crippen molar-refractivity contribution >= 4 is 15.8 Å². The molecule has 16 heavy (non-hydrogen) atoms. The monoisotopic (exact) mass is 243 g/mol. The number of hydrogen-bond donors (Lipinski definition) is 2. The molecule has 0 fully saturated rings.